The van der Waals surface area contributed by atoms with E-state index in [0.717, 1.165) is 37.3 Å². The van der Waals surface area contributed by atoms with Gasteiger partial charge in [0.15, 0.2) is 0 Å². The van der Waals surface area contributed by atoms with Gasteiger partial charge >= 0.3 is 0 Å². The van der Waals surface area contributed by atoms with Crippen LogP contribution in [0.2, 0.25) is 0 Å². The van der Waals surface area contributed by atoms with Crippen molar-refractivity contribution in [2.75, 3.05) is 49.5 Å². The summed E-state index contributed by atoms with van der Waals surface area (Å²) < 4.78 is 5.49. The van der Waals surface area contributed by atoms with Crippen molar-refractivity contribution in [1.29, 1.82) is 0 Å². The Labute approximate surface area is 143 Å². The van der Waals surface area contributed by atoms with Crippen LogP contribution in [-0.2, 0) is 9.53 Å². The second-order valence-electron chi connectivity index (χ2n) is 6.61. The van der Waals surface area contributed by atoms with Crippen molar-refractivity contribution in [3.05, 3.63) is 24.3 Å². The van der Waals surface area contributed by atoms with Gasteiger partial charge in [0.1, 0.15) is 0 Å². The summed E-state index contributed by atoms with van der Waals surface area (Å²) in [4.78, 5) is 16.5. The molecule has 0 radical (unpaired) electrons. The number of ether oxygens (including phenoxy) is 1. The lowest BCUT2D eigenvalue weighted by Crippen LogP contribution is -2.46. The van der Waals surface area contributed by atoms with Crippen LogP contribution in [0.3, 0.4) is 0 Å². The second kappa shape index (κ2) is 7.85. The first-order valence-electron chi connectivity index (χ1n) is 8.79. The normalized spacial score (nSPS) is 22.5. The molecule has 2 saturated heterocycles. The summed E-state index contributed by atoms with van der Waals surface area (Å²) >= 11 is 0. The van der Waals surface area contributed by atoms with E-state index >= 15 is 0 Å². The van der Waals surface area contributed by atoms with E-state index in [0.29, 0.717) is 26.2 Å². The number of aliphatic hydroxyl groups excluding tert-OH is 1. The number of morpholine rings is 1. The molecule has 6 nitrogen and oxygen atoms in total. The molecule has 1 atom stereocenters. The number of nitrogens with one attached hydrogen (secondary N) is 1. The van der Waals surface area contributed by atoms with E-state index in [2.05, 4.69) is 16.3 Å². The molecule has 0 unspecified atom stereocenters. The van der Waals surface area contributed by atoms with Gasteiger partial charge in [-0.05, 0) is 31.9 Å². The maximum atomic E-state index is 12.4. The number of carbonyl (C=O) groups excluding carboxylic acids is 1. The largest absolute Gasteiger partial charge is 0.393 e. The Bertz CT molecular complexity index is 558. The molecule has 0 aliphatic carbocycles. The van der Waals surface area contributed by atoms with Crippen LogP contribution in [-0.4, -0.2) is 67.5 Å². The molecule has 0 spiro atoms. The van der Waals surface area contributed by atoms with Gasteiger partial charge in [0, 0.05) is 26.2 Å². The van der Waals surface area contributed by atoms with E-state index < -0.39 is 0 Å². The van der Waals surface area contributed by atoms with Gasteiger partial charge in [0.05, 0.1) is 36.7 Å². The van der Waals surface area contributed by atoms with Crippen LogP contribution in [0.15, 0.2) is 24.3 Å². The van der Waals surface area contributed by atoms with Crippen molar-refractivity contribution < 1.29 is 14.6 Å². The quantitative estimate of drug-likeness (QED) is 0.870. The minimum absolute atomic E-state index is 0.106. The minimum Gasteiger partial charge on any atom is -0.393 e. The molecule has 0 aromatic heterocycles. The third kappa shape index (κ3) is 4.19. The third-order valence-corrected chi connectivity index (χ3v) is 4.73. The van der Waals surface area contributed by atoms with Crippen molar-refractivity contribution in [2.45, 2.75) is 32.0 Å². The number of rotatable bonds is 4. The molecular weight excluding hydrogens is 306 g/mol. The van der Waals surface area contributed by atoms with Crippen LogP contribution >= 0.6 is 0 Å². The smallest absolute Gasteiger partial charge is 0.242 e. The summed E-state index contributed by atoms with van der Waals surface area (Å²) in [5, 5.41) is 13.0. The summed E-state index contributed by atoms with van der Waals surface area (Å²) in [5.74, 6) is 0.106. The molecule has 0 bridgehead atoms. The summed E-state index contributed by atoms with van der Waals surface area (Å²) in [6.07, 6.45) is 1.50. The van der Waals surface area contributed by atoms with Crippen molar-refractivity contribution in [1.82, 2.24) is 4.90 Å². The minimum atomic E-state index is -0.189. The number of carbonyl (C=O) groups is 1. The van der Waals surface area contributed by atoms with Gasteiger partial charge in [0.25, 0.3) is 0 Å². The topological polar surface area (TPSA) is 65.0 Å². The Hall–Kier alpha value is -1.79. The molecule has 2 heterocycles. The van der Waals surface area contributed by atoms with Gasteiger partial charge in [-0.25, -0.2) is 0 Å². The number of amides is 1. The van der Waals surface area contributed by atoms with E-state index in [9.17, 15) is 9.90 Å². The predicted molar refractivity (Wildman–Crippen MR) is 94.4 cm³/mol. The summed E-state index contributed by atoms with van der Waals surface area (Å²) in [7, 11) is 0. The van der Waals surface area contributed by atoms with Crippen LogP contribution in [0.25, 0.3) is 0 Å². The predicted octanol–water partition coefficient (Wildman–Crippen LogP) is 1.31. The highest BCUT2D eigenvalue weighted by Crippen LogP contribution is 2.28. The molecule has 6 heteroatoms. The number of hydrogen-bond acceptors (Lipinski definition) is 5. The van der Waals surface area contributed by atoms with Crippen molar-refractivity contribution in [3.63, 3.8) is 0 Å². The van der Waals surface area contributed by atoms with E-state index in [1.165, 1.54) is 0 Å². The molecule has 3 rings (SSSR count). The molecule has 132 valence electrons. The average Bonchev–Trinajstić information content (AvgIpc) is 2.61. The van der Waals surface area contributed by atoms with E-state index in [1.807, 2.05) is 30.0 Å². The highest BCUT2D eigenvalue weighted by molar-refractivity contribution is 5.83. The zero-order chi connectivity index (χ0) is 16.9. The lowest BCUT2D eigenvalue weighted by molar-refractivity contribution is -0.136. The fourth-order valence-corrected chi connectivity index (χ4v) is 3.33. The monoisotopic (exact) mass is 333 g/mol. The van der Waals surface area contributed by atoms with Crippen LogP contribution in [0.4, 0.5) is 11.4 Å². The Balaban J connectivity index is 1.60. The number of hydrogen-bond donors (Lipinski definition) is 2. The molecule has 24 heavy (non-hydrogen) atoms. The van der Waals surface area contributed by atoms with E-state index in [1.54, 1.807) is 0 Å². The lowest BCUT2D eigenvalue weighted by atomic mass is 10.1. The summed E-state index contributed by atoms with van der Waals surface area (Å²) in [6.45, 7) is 5.90. The highest BCUT2D eigenvalue weighted by atomic mass is 16.5. The van der Waals surface area contributed by atoms with Crippen LogP contribution in [0, 0.1) is 0 Å². The summed E-state index contributed by atoms with van der Waals surface area (Å²) in [6, 6.07) is 8.07. The van der Waals surface area contributed by atoms with Gasteiger partial charge in [0.2, 0.25) is 5.91 Å². The van der Waals surface area contributed by atoms with Crippen molar-refractivity contribution in [3.8, 4) is 0 Å². The third-order valence-electron chi connectivity index (χ3n) is 4.73. The number of anilines is 2. The van der Waals surface area contributed by atoms with Crippen LogP contribution in [0.5, 0.6) is 0 Å². The Kier molecular flexibility index (Phi) is 5.58. The Morgan fingerprint density at radius 3 is 2.79 bits per heavy atom. The van der Waals surface area contributed by atoms with Crippen LogP contribution < -0.4 is 10.2 Å². The van der Waals surface area contributed by atoms with Gasteiger partial charge < -0.3 is 25.0 Å². The Morgan fingerprint density at radius 1 is 1.29 bits per heavy atom. The van der Waals surface area contributed by atoms with Gasteiger partial charge in [-0.1, -0.05) is 12.1 Å². The zero-order valence-electron chi connectivity index (χ0n) is 14.3. The standard InChI is InChI=1S/C18H27N3O3/c1-14-13-21(10-11-24-14)18(23)12-19-16-4-2-3-5-17(16)20-8-6-15(22)7-9-20/h2-5,14-15,19,22H,6-13H2,1H3/t14-/m1/s1. The maximum Gasteiger partial charge on any atom is 0.242 e. The van der Waals surface area contributed by atoms with Crippen molar-refractivity contribution >= 4 is 17.3 Å². The van der Waals surface area contributed by atoms with Crippen molar-refractivity contribution in [2.24, 2.45) is 0 Å². The maximum absolute atomic E-state index is 12.4. The van der Waals surface area contributed by atoms with E-state index in [4.69, 9.17) is 4.74 Å². The molecule has 1 aromatic rings. The molecular formula is C18H27N3O3. The first-order chi connectivity index (χ1) is 11.6. The van der Waals surface area contributed by atoms with Gasteiger partial charge in [-0.15, -0.1) is 0 Å². The molecule has 1 amide bonds. The SMILES string of the molecule is C[C@@H]1CN(C(=O)CNc2ccccc2N2CCC(O)CC2)CCO1. The summed E-state index contributed by atoms with van der Waals surface area (Å²) in [5.41, 5.74) is 2.08. The molecule has 2 aliphatic heterocycles. The number of aliphatic hydroxyl groups is 1. The first-order valence-corrected chi connectivity index (χ1v) is 8.79. The fourth-order valence-electron chi connectivity index (χ4n) is 3.33. The van der Waals surface area contributed by atoms with Gasteiger partial charge in [-0.3, -0.25) is 4.79 Å². The molecule has 2 fully saturated rings. The zero-order valence-corrected chi connectivity index (χ0v) is 14.3. The first kappa shape index (κ1) is 17.0. The number of benzene rings is 1. The van der Waals surface area contributed by atoms with Gasteiger partial charge in [-0.2, -0.15) is 0 Å². The molecule has 2 N–H and O–H groups in total. The molecule has 0 saturated carbocycles. The highest BCUT2D eigenvalue weighted by Gasteiger charge is 2.22. The van der Waals surface area contributed by atoms with Crippen LogP contribution in [0.1, 0.15) is 19.8 Å². The second-order valence-corrected chi connectivity index (χ2v) is 6.61. The number of piperidine rings is 1. The number of nitrogens with zero attached hydrogens (tertiary/aromatic N) is 2. The fraction of sp³-hybridized carbons (Fsp3) is 0.611. The average molecular weight is 333 g/mol. The molecule has 1 aromatic carbocycles. The van der Waals surface area contributed by atoms with E-state index in [-0.39, 0.29) is 18.1 Å². The lowest BCUT2D eigenvalue weighted by Gasteiger charge is -2.33. The number of para-hydroxylation sites is 2. The Morgan fingerprint density at radius 2 is 2.04 bits per heavy atom. The molecule has 2 aliphatic rings.